The van der Waals surface area contributed by atoms with Gasteiger partial charge in [-0.25, -0.2) is 4.79 Å². The SMILES string of the molecule is O=C(O)C(F)(F)F.OC[C@H]1[C@@H](O)[C@H](O)[C@@H](O)CN1CCCCCOCCC12CC3CC(CC(C3)C1)C2. The first-order chi connectivity index (χ1) is 16.9. The van der Waals surface area contributed by atoms with Crippen LogP contribution in [0.5, 0.6) is 0 Å². The number of piperidine rings is 1. The molecule has 4 aliphatic carbocycles. The van der Waals surface area contributed by atoms with Crippen molar-refractivity contribution in [2.75, 3.05) is 32.9 Å². The minimum Gasteiger partial charge on any atom is -0.475 e. The number of halogens is 3. The fraction of sp³-hybridized carbons (Fsp3) is 0.960. The van der Waals surface area contributed by atoms with Gasteiger partial charge in [0, 0.05) is 19.8 Å². The van der Waals surface area contributed by atoms with E-state index < -0.39 is 36.5 Å². The Balaban J connectivity index is 0.000000454. The van der Waals surface area contributed by atoms with E-state index >= 15 is 0 Å². The molecule has 1 heterocycles. The van der Waals surface area contributed by atoms with Crippen molar-refractivity contribution in [1.82, 2.24) is 4.90 Å². The molecule has 1 aliphatic heterocycles. The first-order valence-electron chi connectivity index (χ1n) is 13.2. The summed E-state index contributed by atoms with van der Waals surface area (Å²) in [7, 11) is 0. The molecule has 0 spiro atoms. The fourth-order valence-electron chi connectivity index (χ4n) is 7.32. The molecule has 0 amide bonds. The number of hydrogen-bond donors (Lipinski definition) is 5. The van der Waals surface area contributed by atoms with Crippen LogP contribution in [0.4, 0.5) is 13.2 Å². The van der Waals surface area contributed by atoms with E-state index in [1.807, 2.05) is 4.90 Å². The van der Waals surface area contributed by atoms with E-state index in [0.29, 0.717) is 18.5 Å². The van der Waals surface area contributed by atoms with Crippen molar-refractivity contribution in [3.63, 3.8) is 0 Å². The second kappa shape index (κ2) is 12.7. The molecule has 8 nitrogen and oxygen atoms in total. The van der Waals surface area contributed by atoms with Gasteiger partial charge in [0.1, 0.15) is 12.2 Å². The summed E-state index contributed by atoms with van der Waals surface area (Å²) in [5.74, 6) is 0.276. The highest BCUT2D eigenvalue weighted by molar-refractivity contribution is 5.73. The van der Waals surface area contributed by atoms with E-state index in [2.05, 4.69) is 0 Å². The first kappa shape index (κ1) is 29.6. The van der Waals surface area contributed by atoms with Crippen LogP contribution in [0.15, 0.2) is 0 Å². The van der Waals surface area contributed by atoms with E-state index in [9.17, 15) is 33.6 Å². The quantitative estimate of drug-likeness (QED) is 0.275. The van der Waals surface area contributed by atoms with Gasteiger partial charge in [-0.3, -0.25) is 4.90 Å². The Morgan fingerprint density at radius 3 is 1.97 bits per heavy atom. The van der Waals surface area contributed by atoms with Crippen molar-refractivity contribution in [3.05, 3.63) is 0 Å². The maximum atomic E-state index is 10.6. The van der Waals surface area contributed by atoms with Crippen LogP contribution in [-0.2, 0) is 9.53 Å². The molecule has 5 aliphatic rings. The van der Waals surface area contributed by atoms with Crippen molar-refractivity contribution < 1.29 is 48.2 Å². The zero-order valence-corrected chi connectivity index (χ0v) is 20.8. The topological polar surface area (TPSA) is 131 Å². The Labute approximate surface area is 210 Å². The van der Waals surface area contributed by atoms with Gasteiger partial charge in [-0.05, 0) is 93.9 Å². The normalized spacial score (nSPS) is 38.0. The third-order valence-corrected chi connectivity index (χ3v) is 8.63. The molecule has 0 aromatic carbocycles. The summed E-state index contributed by atoms with van der Waals surface area (Å²) in [5.41, 5.74) is 0.606. The Kier molecular flexibility index (Phi) is 10.4. The van der Waals surface area contributed by atoms with E-state index in [0.717, 1.165) is 50.2 Å². The lowest BCUT2D eigenvalue weighted by Gasteiger charge is -2.57. The summed E-state index contributed by atoms with van der Waals surface area (Å²) in [6, 6.07) is -0.495. The predicted octanol–water partition coefficient (Wildman–Crippen LogP) is 2.17. The van der Waals surface area contributed by atoms with Crippen LogP contribution in [-0.4, -0.2) is 99.8 Å². The number of carboxylic acids is 1. The zero-order chi connectivity index (χ0) is 26.5. The maximum absolute atomic E-state index is 10.6. The molecular formula is C25H42F3NO7. The number of aliphatic carboxylic acids is 1. The van der Waals surface area contributed by atoms with Crippen LogP contribution in [0, 0.1) is 23.2 Å². The van der Waals surface area contributed by atoms with Crippen molar-refractivity contribution in [3.8, 4) is 0 Å². The first-order valence-corrected chi connectivity index (χ1v) is 13.2. The summed E-state index contributed by atoms with van der Waals surface area (Å²) >= 11 is 0. The van der Waals surface area contributed by atoms with E-state index in [1.165, 1.54) is 44.9 Å². The minimum atomic E-state index is -5.08. The van der Waals surface area contributed by atoms with Gasteiger partial charge in [0.05, 0.1) is 18.8 Å². The van der Waals surface area contributed by atoms with Gasteiger partial charge in [-0.15, -0.1) is 0 Å². The second-order valence-corrected chi connectivity index (χ2v) is 11.4. The van der Waals surface area contributed by atoms with Crippen LogP contribution in [0.2, 0.25) is 0 Å². The fourth-order valence-corrected chi connectivity index (χ4v) is 7.32. The van der Waals surface area contributed by atoms with Gasteiger partial charge in [0.2, 0.25) is 0 Å². The smallest absolute Gasteiger partial charge is 0.475 e. The van der Waals surface area contributed by atoms with Crippen molar-refractivity contribution in [1.29, 1.82) is 0 Å². The monoisotopic (exact) mass is 525 g/mol. The van der Waals surface area contributed by atoms with Gasteiger partial charge in [-0.2, -0.15) is 13.2 Å². The highest BCUT2D eigenvalue weighted by Gasteiger charge is 2.50. The van der Waals surface area contributed by atoms with Crippen LogP contribution in [0.1, 0.15) is 64.2 Å². The molecule has 11 heteroatoms. The van der Waals surface area contributed by atoms with E-state index in [4.69, 9.17) is 14.6 Å². The van der Waals surface area contributed by atoms with Gasteiger partial charge < -0.3 is 30.3 Å². The molecule has 0 unspecified atom stereocenters. The highest BCUT2D eigenvalue weighted by atomic mass is 19.4. The van der Waals surface area contributed by atoms with Crippen LogP contribution >= 0.6 is 0 Å². The lowest BCUT2D eigenvalue weighted by Crippen LogP contribution is -2.62. The summed E-state index contributed by atoms with van der Waals surface area (Å²) in [5, 5.41) is 46.3. The molecule has 0 radical (unpaired) electrons. The molecular weight excluding hydrogens is 483 g/mol. The molecule has 210 valence electrons. The zero-order valence-electron chi connectivity index (χ0n) is 20.8. The molecule has 4 bridgehead atoms. The van der Waals surface area contributed by atoms with Gasteiger partial charge >= 0.3 is 12.1 Å². The average molecular weight is 526 g/mol. The van der Waals surface area contributed by atoms with Gasteiger partial charge in [-0.1, -0.05) is 0 Å². The summed E-state index contributed by atoms with van der Waals surface area (Å²) < 4.78 is 37.7. The van der Waals surface area contributed by atoms with Crippen molar-refractivity contribution in [2.45, 2.75) is 94.7 Å². The third kappa shape index (κ3) is 7.77. The van der Waals surface area contributed by atoms with Crippen LogP contribution in [0.25, 0.3) is 0 Å². The standard InChI is InChI=1S/C23H41NO5.C2HF3O2/c25-15-19-21(27)22(28)20(26)14-24(19)5-2-1-3-6-29-7-4-23-11-16-8-17(12-23)10-18(9-16)13-23;3-2(4,5)1(6)7/h16-22,25-28H,1-15H2;(H,6,7)/t16?,17?,18?,19-,20-,21+,22+,23?;/m0./s1. The summed E-state index contributed by atoms with van der Waals surface area (Å²) in [6.07, 6.45) is 4.79. The van der Waals surface area contributed by atoms with Crippen molar-refractivity contribution in [2.24, 2.45) is 23.2 Å². The lowest BCUT2D eigenvalue weighted by atomic mass is 9.49. The largest absolute Gasteiger partial charge is 0.490 e. The third-order valence-electron chi connectivity index (χ3n) is 8.63. The number of nitrogens with zero attached hydrogens (tertiary/aromatic N) is 1. The van der Waals surface area contributed by atoms with E-state index in [-0.39, 0.29) is 6.61 Å². The molecule has 1 saturated heterocycles. The summed E-state index contributed by atoms with van der Waals surface area (Å²) in [6.45, 7) is 2.50. The number of alkyl halides is 3. The minimum absolute atomic E-state index is 0.210. The number of hydrogen-bond acceptors (Lipinski definition) is 7. The number of β-amino-alcohol motifs (C(OH)–C–C–N with tert-alkyl or cyclic N) is 1. The Morgan fingerprint density at radius 1 is 0.917 bits per heavy atom. The molecule has 4 saturated carbocycles. The number of unbranched alkanes of at least 4 members (excludes halogenated alkanes) is 2. The second-order valence-electron chi connectivity index (χ2n) is 11.4. The molecule has 5 rings (SSSR count). The number of aliphatic hydroxyl groups is 4. The lowest BCUT2D eigenvalue weighted by molar-refractivity contribution is -0.192. The number of carbonyl (C=O) groups is 1. The molecule has 0 aromatic heterocycles. The predicted molar refractivity (Wildman–Crippen MR) is 124 cm³/mol. The number of rotatable bonds is 10. The number of ether oxygens (including phenoxy) is 1. The van der Waals surface area contributed by atoms with Crippen LogP contribution in [0.3, 0.4) is 0 Å². The van der Waals surface area contributed by atoms with Gasteiger partial charge in [0.25, 0.3) is 0 Å². The molecule has 5 N–H and O–H groups in total. The highest BCUT2D eigenvalue weighted by Crippen LogP contribution is 2.61. The summed E-state index contributed by atoms with van der Waals surface area (Å²) in [4.78, 5) is 10.8. The molecule has 4 atom stereocenters. The Bertz CT molecular complexity index is 672. The Hall–Kier alpha value is -0.980. The number of aliphatic hydroxyl groups excluding tert-OH is 4. The number of likely N-dealkylation sites (tertiary alicyclic amines) is 1. The molecule has 36 heavy (non-hydrogen) atoms. The molecule has 5 fully saturated rings. The average Bonchev–Trinajstić information content (AvgIpc) is 2.78. The molecule has 0 aromatic rings. The van der Waals surface area contributed by atoms with Gasteiger partial charge in [0.15, 0.2) is 0 Å². The van der Waals surface area contributed by atoms with Crippen molar-refractivity contribution >= 4 is 5.97 Å². The number of carboxylic acid groups (broad SMARTS) is 1. The van der Waals surface area contributed by atoms with E-state index in [1.54, 1.807) is 0 Å². The Morgan fingerprint density at radius 2 is 1.47 bits per heavy atom. The maximum Gasteiger partial charge on any atom is 0.490 e. The van der Waals surface area contributed by atoms with Crippen LogP contribution < -0.4 is 0 Å².